The second-order valence-electron chi connectivity index (χ2n) is 28.1. The first-order chi connectivity index (χ1) is 56.0. The Hall–Kier alpha value is -13.4. The number of nitrogens with two attached hydrogens (primary N) is 1. The number of nitriles is 1. The first-order valence-corrected chi connectivity index (χ1v) is 35.5. The van der Waals surface area contributed by atoms with E-state index in [1.54, 1.807) is 67.1 Å². The lowest BCUT2D eigenvalue weighted by Crippen LogP contribution is -2.23. The van der Waals surface area contributed by atoms with Gasteiger partial charge in [-0.15, -0.1) is 0 Å². The summed E-state index contributed by atoms with van der Waals surface area (Å²) in [5.41, 5.74) is 20.3. The van der Waals surface area contributed by atoms with E-state index in [4.69, 9.17) is 15.3 Å². The van der Waals surface area contributed by atoms with Crippen molar-refractivity contribution in [3.8, 4) is 28.8 Å². The molecule has 0 saturated carbocycles. The largest absolute Gasteiger partial charge is 0.481 e. The van der Waals surface area contributed by atoms with Gasteiger partial charge in [0.2, 0.25) is 5.91 Å². The number of carbonyl (C=O) groups excluding carboxylic acids is 1. The van der Waals surface area contributed by atoms with Crippen LogP contribution in [0.3, 0.4) is 0 Å². The van der Waals surface area contributed by atoms with E-state index < -0.39 is 55.2 Å². The van der Waals surface area contributed by atoms with Crippen molar-refractivity contribution in [2.45, 2.75) is 123 Å². The molecule has 0 radical (unpaired) electrons. The second kappa shape index (κ2) is 31.4. The number of primary amides is 1. The summed E-state index contributed by atoms with van der Waals surface area (Å²) in [5.74, 6) is -7.65. The average Bonchev–Trinajstić information content (AvgIpc) is 1.55. The predicted molar refractivity (Wildman–Crippen MR) is 423 cm³/mol. The van der Waals surface area contributed by atoms with Crippen molar-refractivity contribution >= 4 is 117 Å². The molecule has 8 aromatic carbocycles. The van der Waals surface area contributed by atoms with Gasteiger partial charge >= 0.3 is 17.9 Å². The molecule has 8 aromatic heterocycles. The Morgan fingerprint density at radius 3 is 1.28 bits per heavy atom. The third-order valence-electron chi connectivity index (χ3n) is 19.7. The molecule has 0 spiro atoms. The lowest BCUT2D eigenvalue weighted by atomic mass is 9.82. The van der Waals surface area contributed by atoms with E-state index >= 15 is 0 Å². The number of aromatic amines is 4. The Morgan fingerprint density at radius 2 is 0.874 bits per heavy atom. The summed E-state index contributed by atoms with van der Waals surface area (Å²) in [4.78, 5) is 45.4. The number of benzene rings is 8. The molecule has 21 nitrogen and oxygen atoms in total. The van der Waals surface area contributed by atoms with Gasteiger partial charge in [0, 0.05) is 124 Å². The van der Waals surface area contributed by atoms with Crippen molar-refractivity contribution in [1.82, 2.24) is 59.1 Å². The van der Waals surface area contributed by atoms with Gasteiger partial charge < -0.3 is 39.3 Å². The Balaban J connectivity index is 0.000000137. The van der Waals surface area contributed by atoms with Crippen molar-refractivity contribution in [2.24, 2.45) is 5.73 Å². The number of hydrogen-bond donors (Lipinski definition) is 8. The number of carboxylic acids is 3. The van der Waals surface area contributed by atoms with Gasteiger partial charge in [-0.05, 0) is 218 Å². The molecule has 0 unspecified atom stereocenters. The van der Waals surface area contributed by atoms with Crippen molar-refractivity contribution in [3.05, 3.63) is 245 Å². The normalized spacial score (nSPS) is 12.9. The monoisotopic (exact) mass is 1500 g/mol. The standard InChI is InChI=1S/C23H22FN5O.2C21H20FN3O2.C21H18FN3O2/c1-23(2,9-10-25)22-17(7-8-21(26)30)18-12-19-14(13-27-28-19)11-20(18)29(22)16-5-3-15(24)4-6-16;1-12(2)21-16-10-17-13(11-23-24-17)9-19(16)25(18(21)7-8-20(26)27)15-5-3-14(22)4-6-15;2*1-12(2)21-16(7-8-20(26)27)17-10-18-13(11-23-24-18)9-19(17)25(21)15-5-3-14(22)4-6-15/h3-6,11-13H,7-9H2,1-2H3,(H2,26,30)(H,27,28);2*3-6,9-12H,7-8H2,1-2H3,(H,23,24)(H,26,27);3-6,9-11H,1,7-8H2,2H3,(H,23,24)(H,26,27)/i;;1D3,2D3,12D;. The first kappa shape index (κ1) is 67.0. The summed E-state index contributed by atoms with van der Waals surface area (Å²) in [5, 5.41) is 72.1. The van der Waals surface area contributed by atoms with Crippen LogP contribution in [-0.2, 0) is 50.3 Å². The molecule has 0 aliphatic rings. The summed E-state index contributed by atoms with van der Waals surface area (Å²) in [6.07, 6.45) is 7.90. The average molecular weight is 1500 g/mol. The number of fused-ring (bicyclic) bond motifs is 8. The molecule has 0 saturated heterocycles. The summed E-state index contributed by atoms with van der Waals surface area (Å²) < 4.78 is 119. The topological polar surface area (TPSA) is 313 Å². The maximum Gasteiger partial charge on any atom is 0.303 e. The number of amides is 1. The minimum Gasteiger partial charge on any atom is -0.481 e. The zero-order valence-corrected chi connectivity index (χ0v) is 60.9. The predicted octanol–water partition coefficient (Wildman–Crippen LogP) is 18.5. The highest BCUT2D eigenvalue weighted by Crippen LogP contribution is 2.44. The van der Waals surface area contributed by atoms with Gasteiger partial charge in [-0.3, -0.25) is 39.6 Å². The Morgan fingerprint density at radius 1 is 0.523 bits per heavy atom. The highest BCUT2D eigenvalue weighted by atomic mass is 19.1. The molecule has 1 amide bonds. The van der Waals surface area contributed by atoms with Gasteiger partial charge in [-0.2, -0.15) is 25.7 Å². The SMILES string of the molecule is C=C(C)c1c(CCC(=O)O)c2cc3[nH]ncc3cc2n1-c1ccc(F)cc1.CC(C)(CC#N)c1c(CCC(N)=O)c2cc3[nH]ncc3cc2n1-c1ccc(F)cc1.CC(C)c1c(CCC(=O)O)n(-c2ccc(F)cc2)c2cc3cn[nH]c3cc12.[2H]C([2H])([2H])C([2H])(c1c(CCC(=O)O)c2cc3[nH]ncc3cc2n1-c1ccc(F)cc1)C([2H])([2H])[2H]. The minimum atomic E-state index is -3.31. The Bertz CT molecular complexity index is 6590. The molecule has 0 bridgehead atoms. The maximum absolute atomic E-state index is 13.7. The first-order valence-electron chi connectivity index (χ1n) is 39.0. The van der Waals surface area contributed by atoms with Crippen molar-refractivity contribution in [3.63, 3.8) is 0 Å². The molecule has 111 heavy (non-hydrogen) atoms. The van der Waals surface area contributed by atoms with Gasteiger partial charge in [-0.25, -0.2) is 17.6 Å². The van der Waals surface area contributed by atoms with Gasteiger partial charge in [-0.1, -0.05) is 48.0 Å². The van der Waals surface area contributed by atoms with E-state index in [9.17, 15) is 57.3 Å². The summed E-state index contributed by atoms with van der Waals surface area (Å²) in [6.45, 7) is 7.59. The van der Waals surface area contributed by atoms with Crippen LogP contribution in [0.5, 0.6) is 0 Å². The zero-order chi connectivity index (χ0) is 84.8. The van der Waals surface area contributed by atoms with E-state index in [2.05, 4.69) is 82.5 Å². The highest BCUT2D eigenvalue weighted by Gasteiger charge is 2.33. The Labute approximate surface area is 643 Å². The van der Waals surface area contributed by atoms with Crippen LogP contribution < -0.4 is 5.73 Å². The number of carbonyl (C=O) groups is 4. The second-order valence-corrected chi connectivity index (χ2v) is 28.1. The van der Waals surface area contributed by atoms with Crippen LogP contribution in [0.4, 0.5) is 17.6 Å². The summed E-state index contributed by atoms with van der Waals surface area (Å²) in [7, 11) is 0. The molecule has 0 aliphatic carbocycles. The van der Waals surface area contributed by atoms with Gasteiger partial charge in [0.05, 0.1) is 87.1 Å². The van der Waals surface area contributed by atoms with Crippen molar-refractivity contribution < 1.29 is 61.7 Å². The van der Waals surface area contributed by atoms with Crippen LogP contribution in [-0.4, -0.2) is 98.2 Å². The molecule has 8 heterocycles. The van der Waals surface area contributed by atoms with Crippen LogP contribution in [0.2, 0.25) is 0 Å². The fourth-order valence-electron chi connectivity index (χ4n) is 14.9. The van der Waals surface area contributed by atoms with Crippen LogP contribution in [0, 0.1) is 34.6 Å². The quantitative estimate of drug-likeness (QED) is 0.0311. The molecule has 16 aromatic rings. The number of carboxylic acid groups (broad SMARTS) is 3. The molecular formula is C86H80F4N14O7. The molecule has 0 fully saturated rings. The van der Waals surface area contributed by atoms with Crippen molar-refractivity contribution in [2.75, 3.05) is 0 Å². The smallest absolute Gasteiger partial charge is 0.303 e. The molecule has 16 rings (SSSR count). The van der Waals surface area contributed by atoms with Gasteiger partial charge in [0.1, 0.15) is 23.3 Å². The number of allylic oxidation sites excluding steroid dienone is 1. The maximum atomic E-state index is 13.7. The van der Waals surface area contributed by atoms with Crippen LogP contribution in [0.25, 0.3) is 116 Å². The number of aliphatic carboxylic acids is 3. The Kier molecular flexibility index (Phi) is 19.0. The third-order valence-corrected chi connectivity index (χ3v) is 19.7. The number of H-pyrrole nitrogens is 4. The number of aryl methyl sites for hydroxylation is 3. The number of nitrogens with one attached hydrogen (secondary N) is 4. The number of rotatable bonds is 21. The van der Waals surface area contributed by atoms with E-state index in [1.165, 1.54) is 59.3 Å². The lowest BCUT2D eigenvalue weighted by molar-refractivity contribution is -0.138. The highest BCUT2D eigenvalue weighted by molar-refractivity contribution is 6.03. The molecular weight excluding hydrogens is 1420 g/mol. The lowest BCUT2D eigenvalue weighted by Gasteiger charge is -2.26. The molecule has 564 valence electrons. The number of hydrogen-bond acceptors (Lipinski definition) is 9. The molecule has 0 aliphatic heterocycles. The van der Waals surface area contributed by atoms with E-state index in [1.807, 2.05) is 55.7 Å². The van der Waals surface area contributed by atoms with Crippen LogP contribution in [0.1, 0.15) is 147 Å². The van der Waals surface area contributed by atoms with Crippen LogP contribution in [0.15, 0.2) is 177 Å². The van der Waals surface area contributed by atoms with Gasteiger partial charge in [0.25, 0.3) is 0 Å². The molecule has 9 N–H and O–H groups in total. The summed E-state index contributed by atoms with van der Waals surface area (Å²) >= 11 is 0. The summed E-state index contributed by atoms with van der Waals surface area (Å²) in [6, 6.07) is 41.5. The number of halogens is 4. The molecule has 25 heteroatoms. The minimum absolute atomic E-state index is 0.0177. The van der Waals surface area contributed by atoms with E-state index in [0.29, 0.717) is 41.1 Å². The number of nitrogens with zero attached hydrogens (tertiary/aromatic N) is 9. The molecule has 0 atom stereocenters. The zero-order valence-electron chi connectivity index (χ0n) is 67.9. The number of aromatic nitrogens is 12. The fourth-order valence-corrected chi connectivity index (χ4v) is 14.9. The third kappa shape index (κ3) is 15.5. The van der Waals surface area contributed by atoms with E-state index in [-0.39, 0.29) is 78.3 Å². The van der Waals surface area contributed by atoms with Crippen molar-refractivity contribution in [1.29, 1.82) is 5.26 Å². The fraction of sp³-hybridized carbons (Fsp3) is 0.221. The van der Waals surface area contributed by atoms with Crippen LogP contribution >= 0.6 is 0 Å². The van der Waals surface area contributed by atoms with Gasteiger partial charge in [0.15, 0.2) is 0 Å². The van der Waals surface area contributed by atoms with E-state index in [0.717, 1.165) is 134 Å².